The average Bonchev–Trinajstić information content (AvgIpc) is 2.67. The van der Waals surface area contributed by atoms with E-state index in [1.807, 2.05) is 6.92 Å². The van der Waals surface area contributed by atoms with E-state index in [0.29, 0.717) is 11.8 Å². The Morgan fingerprint density at radius 2 is 2.05 bits per heavy atom. The number of aromatic nitrogens is 2. The number of carbonyl (C=O) groups excluding carboxylic acids is 1. The molecular weight excluding hydrogens is 306 g/mol. The second-order valence-corrected chi connectivity index (χ2v) is 6.14. The number of carbonyl (C=O) groups is 1. The van der Waals surface area contributed by atoms with E-state index in [1.165, 1.54) is 5.69 Å². The maximum Gasteiger partial charge on any atom is 0.133 e. The molecule has 4 nitrogen and oxygen atoms in total. The van der Waals surface area contributed by atoms with Gasteiger partial charge in [0.25, 0.3) is 0 Å². The predicted molar refractivity (Wildman–Crippen MR) is 79.1 cm³/mol. The lowest BCUT2D eigenvalue weighted by Crippen LogP contribution is -2.35. The summed E-state index contributed by atoms with van der Waals surface area (Å²) in [5.74, 6) is 0.417. The molecule has 19 heavy (non-hydrogen) atoms. The van der Waals surface area contributed by atoms with Crippen LogP contribution in [-0.2, 0) is 17.9 Å². The van der Waals surface area contributed by atoms with Crippen molar-refractivity contribution in [3.8, 4) is 0 Å². The van der Waals surface area contributed by atoms with E-state index in [0.717, 1.165) is 48.9 Å². The minimum Gasteiger partial charge on any atom is -0.300 e. The van der Waals surface area contributed by atoms with Gasteiger partial charge in [0.1, 0.15) is 5.78 Å². The second kappa shape index (κ2) is 6.18. The summed E-state index contributed by atoms with van der Waals surface area (Å²) in [6.45, 7) is 5.91. The lowest BCUT2D eigenvalue weighted by molar-refractivity contribution is -0.121. The van der Waals surface area contributed by atoms with Crippen LogP contribution in [0.4, 0.5) is 0 Å². The van der Waals surface area contributed by atoms with Crippen LogP contribution in [-0.4, -0.2) is 33.6 Å². The molecule has 1 saturated carbocycles. The number of Topliss-reactive ketones (excluding diaryl/α,β-unsaturated/α-hetero) is 1. The van der Waals surface area contributed by atoms with Gasteiger partial charge in [-0.1, -0.05) is 0 Å². The van der Waals surface area contributed by atoms with Crippen molar-refractivity contribution in [1.29, 1.82) is 0 Å². The molecule has 5 heteroatoms. The van der Waals surface area contributed by atoms with E-state index >= 15 is 0 Å². The molecule has 2 rings (SSSR count). The minimum atomic E-state index is 0.417. The molecule has 0 bridgehead atoms. The van der Waals surface area contributed by atoms with Gasteiger partial charge in [0.15, 0.2) is 0 Å². The van der Waals surface area contributed by atoms with Crippen LogP contribution >= 0.6 is 15.9 Å². The highest BCUT2D eigenvalue weighted by molar-refractivity contribution is 9.10. The monoisotopic (exact) mass is 327 g/mol. The Hall–Kier alpha value is -0.680. The van der Waals surface area contributed by atoms with Crippen LogP contribution in [0.15, 0.2) is 4.47 Å². The zero-order chi connectivity index (χ0) is 14.0. The van der Waals surface area contributed by atoms with E-state index in [4.69, 9.17) is 0 Å². The van der Waals surface area contributed by atoms with Gasteiger partial charge < -0.3 is 0 Å². The lowest BCUT2D eigenvalue weighted by atomic mass is 9.93. The third-order valence-electron chi connectivity index (χ3n) is 3.99. The third-order valence-corrected chi connectivity index (χ3v) is 5.02. The summed E-state index contributed by atoms with van der Waals surface area (Å²) in [5.41, 5.74) is 2.28. The third kappa shape index (κ3) is 3.26. The molecule has 1 fully saturated rings. The molecule has 1 heterocycles. The summed E-state index contributed by atoms with van der Waals surface area (Å²) in [4.78, 5) is 13.7. The van der Waals surface area contributed by atoms with E-state index < -0.39 is 0 Å². The van der Waals surface area contributed by atoms with Crippen LogP contribution in [0.2, 0.25) is 0 Å². The molecule has 0 unspecified atom stereocenters. The summed E-state index contributed by atoms with van der Waals surface area (Å²) in [6, 6.07) is 0.519. The molecule has 1 aromatic heterocycles. The van der Waals surface area contributed by atoms with Gasteiger partial charge in [0, 0.05) is 32.0 Å². The number of ketones is 1. The highest BCUT2D eigenvalue weighted by Crippen LogP contribution is 2.25. The summed E-state index contributed by atoms with van der Waals surface area (Å²) in [7, 11) is 2.15. The van der Waals surface area contributed by atoms with E-state index in [2.05, 4.69) is 44.6 Å². The van der Waals surface area contributed by atoms with Gasteiger partial charge in [0.05, 0.1) is 15.9 Å². The van der Waals surface area contributed by atoms with E-state index in [1.54, 1.807) is 0 Å². The van der Waals surface area contributed by atoms with Crippen molar-refractivity contribution in [2.24, 2.45) is 0 Å². The first-order valence-corrected chi connectivity index (χ1v) is 7.76. The van der Waals surface area contributed by atoms with Gasteiger partial charge in [-0.3, -0.25) is 14.4 Å². The zero-order valence-corrected chi connectivity index (χ0v) is 13.5. The van der Waals surface area contributed by atoms with Gasteiger partial charge in [0.2, 0.25) is 0 Å². The average molecular weight is 328 g/mol. The number of hydrogen-bond donors (Lipinski definition) is 0. The Labute approximate surface area is 123 Å². The highest BCUT2D eigenvalue weighted by atomic mass is 79.9. The molecule has 0 aliphatic heterocycles. The van der Waals surface area contributed by atoms with Gasteiger partial charge in [-0.05, 0) is 49.7 Å². The Balaban J connectivity index is 2.06. The zero-order valence-electron chi connectivity index (χ0n) is 11.9. The highest BCUT2D eigenvalue weighted by Gasteiger charge is 2.24. The minimum absolute atomic E-state index is 0.417. The van der Waals surface area contributed by atoms with Crippen molar-refractivity contribution in [1.82, 2.24) is 14.7 Å². The first-order chi connectivity index (χ1) is 9.02. The summed E-state index contributed by atoms with van der Waals surface area (Å²) in [5, 5.41) is 4.53. The first kappa shape index (κ1) is 14.7. The quantitative estimate of drug-likeness (QED) is 0.853. The van der Waals surface area contributed by atoms with Crippen LogP contribution in [0, 0.1) is 6.92 Å². The number of rotatable bonds is 4. The Kier molecular flexibility index (Phi) is 4.79. The van der Waals surface area contributed by atoms with Gasteiger partial charge in [-0.15, -0.1) is 0 Å². The molecule has 0 amide bonds. The van der Waals surface area contributed by atoms with Crippen molar-refractivity contribution in [2.45, 2.75) is 58.7 Å². The largest absolute Gasteiger partial charge is 0.300 e. The van der Waals surface area contributed by atoms with Crippen LogP contribution in [0.1, 0.15) is 44.0 Å². The molecule has 0 spiro atoms. The van der Waals surface area contributed by atoms with E-state index in [-0.39, 0.29) is 0 Å². The molecule has 0 saturated heterocycles. The van der Waals surface area contributed by atoms with Crippen LogP contribution in [0.3, 0.4) is 0 Å². The van der Waals surface area contributed by atoms with Gasteiger partial charge in [-0.2, -0.15) is 5.10 Å². The van der Waals surface area contributed by atoms with Crippen LogP contribution in [0.25, 0.3) is 0 Å². The SMILES string of the molecule is CCn1nc(C)c(Br)c1CN(C)C1CCC(=O)CC1. The molecular formula is C14H22BrN3O. The van der Waals surface area contributed by atoms with Crippen molar-refractivity contribution >= 4 is 21.7 Å². The molecule has 1 aromatic rings. The molecule has 1 aliphatic carbocycles. The fourth-order valence-corrected chi connectivity index (χ4v) is 3.16. The fourth-order valence-electron chi connectivity index (χ4n) is 2.75. The first-order valence-electron chi connectivity index (χ1n) is 6.96. The summed E-state index contributed by atoms with van der Waals surface area (Å²) in [6.07, 6.45) is 3.46. The van der Waals surface area contributed by atoms with Crippen molar-refractivity contribution in [3.63, 3.8) is 0 Å². The fraction of sp³-hybridized carbons (Fsp3) is 0.714. The lowest BCUT2D eigenvalue weighted by Gasteiger charge is -2.30. The summed E-state index contributed by atoms with van der Waals surface area (Å²) >= 11 is 3.64. The van der Waals surface area contributed by atoms with Crippen molar-refractivity contribution < 1.29 is 4.79 Å². The Morgan fingerprint density at radius 3 is 2.63 bits per heavy atom. The molecule has 0 N–H and O–H groups in total. The standard InChI is InChI=1S/C14H22BrN3O/c1-4-18-13(14(15)10(2)16-18)9-17(3)11-5-7-12(19)8-6-11/h11H,4-9H2,1-3H3. The molecule has 0 aromatic carbocycles. The van der Waals surface area contributed by atoms with Crippen molar-refractivity contribution in [2.75, 3.05) is 7.05 Å². The second-order valence-electron chi connectivity index (χ2n) is 5.35. The maximum absolute atomic E-state index is 11.3. The topological polar surface area (TPSA) is 38.1 Å². The van der Waals surface area contributed by atoms with Crippen LogP contribution < -0.4 is 0 Å². The van der Waals surface area contributed by atoms with Gasteiger partial charge >= 0.3 is 0 Å². The van der Waals surface area contributed by atoms with Crippen LogP contribution in [0.5, 0.6) is 0 Å². The molecule has 1 aliphatic rings. The van der Waals surface area contributed by atoms with E-state index in [9.17, 15) is 4.79 Å². The maximum atomic E-state index is 11.3. The molecule has 0 atom stereocenters. The number of nitrogens with zero attached hydrogens (tertiary/aromatic N) is 3. The number of halogens is 1. The van der Waals surface area contributed by atoms with Crippen molar-refractivity contribution in [3.05, 3.63) is 15.9 Å². The number of aryl methyl sites for hydroxylation is 2. The molecule has 0 radical (unpaired) electrons. The number of hydrogen-bond acceptors (Lipinski definition) is 3. The molecule has 106 valence electrons. The van der Waals surface area contributed by atoms with Gasteiger partial charge in [-0.25, -0.2) is 0 Å². The Morgan fingerprint density at radius 1 is 1.42 bits per heavy atom. The smallest absolute Gasteiger partial charge is 0.133 e. The summed E-state index contributed by atoms with van der Waals surface area (Å²) < 4.78 is 3.18. The predicted octanol–water partition coefficient (Wildman–Crippen LogP) is 2.92. The Bertz CT molecular complexity index is 460. The normalized spacial score (nSPS) is 17.4.